The first-order valence-electron chi connectivity index (χ1n) is 5.58. The molecule has 0 aromatic heterocycles. The van der Waals surface area contributed by atoms with Crippen LogP contribution in [0.4, 0.5) is 18.9 Å². The number of ether oxygens (including phenoxy) is 1. The zero-order chi connectivity index (χ0) is 15.6. The summed E-state index contributed by atoms with van der Waals surface area (Å²) in [4.78, 5) is 9.44. The lowest BCUT2D eigenvalue weighted by atomic mass is 10.2. The van der Waals surface area contributed by atoms with Gasteiger partial charge in [0.1, 0.15) is 11.6 Å². The van der Waals surface area contributed by atoms with Gasteiger partial charge in [-0.25, -0.2) is 8.78 Å². The smallest absolute Gasteiger partial charge is 0.307 e. The number of benzene rings is 2. The van der Waals surface area contributed by atoms with Gasteiger partial charge in [0.25, 0.3) is 0 Å². The van der Waals surface area contributed by atoms with E-state index in [9.17, 15) is 23.3 Å². The highest BCUT2D eigenvalue weighted by atomic mass is 79.9. The molecule has 0 saturated carbocycles. The van der Waals surface area contributed by atoms with Crippen molar-refractivity contribution in [1.82, 2.24) is 0 Å². The number of alkyl halides is 1. The van der Waals surface area contributed by atoms with Gasteiger partial charge in [-0.05, 0) is 12.1 Å². The molecule has 0 bridgehead atoms. The molecule has 0 radical (unpaired) electrons. The van der Waals surface area contributed by atoms with Gasteiger partial charge in [-0.2, -0.15) is 4.39 Å². The average molecular weight is 362 g/mol. The number of hydrogen-bond donors (Lipinski definition) is 0. The molecule has 21 heavy (non-hydrogen) atoms. The lowest BCUT2D eigenvalue weighted by Gasteiger charge is -2.11. The summed E-state index contributed by atoms with van der Waals surface area (Å²) < 4.78 is 45.8. The second kappa shape index (κ2) is 6.13. The fraction of sp³-hybridized carbons (Fsp3) is 0.0769. The van der Waals surface area contributed by atoms with Crippen LogP contribution in [0.3, 0.4) is 0 Å². The Morgan fingerprint density at radius 2 is 1.81 bits per heavy atom. The van der Waals surface area contributed by atoms with Gasteiger partial charge in [-0.3, -0.25) is 10.1 Å². The van der Waals surface area contributed by atoms with Crippen LogP contribution >= 0.6 is 15.9 Å². The van der Waals surface area contributed by atoms with Gasteiger partial charge in [-0.1, -0.05) is 22.0 Å². The second-order valence-electron chi connectivity index (χ2n) is 3.94. The van der Waals surface area contributed by atoms with Crippen molar-refractivity contribution < 1.29 is 22.8 Å². The molecule has 0 spiro atoms. The molecular weight excluding hydrogens is 355 g/mol. The van der Waals surface area contributed by atoms with Crippen LogP contribution in [0.15, 0.2) is 30.3 Å². The zero-order valence-corrected chi connectivity index (χ0v) is 11.9. The molecule has 2 rings (SSSR count). The number of nitrogens with zero attached hydrogens (tertiary/aromatic N) is 1. The Hall–Kier alpha value is -2.09. The summed E-state index contributed by atoms with van der Waals surface area (Å²) in [6.07, 6.45) is 0. The van der Waals surface area contributed by atoms with Gasteiger partial charge in [0.15, 0.2) is 11.6 Å². The fourth-order valence-electron chi connectivity index (χ4n) is 1.62. The second-order valence-corrected chi connectivity index (χ2v) is 4.50. The highest BCUT2D eigenvalue weighted by Gasteiger charge is 2.20. The van der Waals surface area contributed by atoms with Crippen LogP contribution in [0.1, 0.15) is 5.56 Å². The van der Waals surface area contributed by atoms with E-state index >= 15 is 0 Å². The molecule has 0 fully saturated rings. The van der Waals surface area contributed by atoms with E-state index in [0.29, 0.717) is 12.1 Å². The van der Waals surface area contributed by atoms with Crippen LogP contribution in [0, 0.1) is 27.6 Å². The molecule has 110 valence electrons. The molecule has 0 aliphatic carbocycles. The fourth-order valence-corrected chi connectivity index (χ4v) is 2.16. The third-order valence-electron chi connectivity index (χ3n) is 2.63. The maximum atomic E-state index is 13.7. The normalized spacial score (nSPS) is 10.5. The molecule has 0 amide bonds. The van der Waals surface area contributed by atoms with E-state index in [-0.39, 0.29) is 16.6 Å². The Bertz CT molecular complexity index is 709. The standard InChI is InChI=1S/C13H7BrF3NO3/c14-6-7-8(15)2-1-3-12(7)21-13-5-9(16)11(18(19)20)4-10(13)17/h1-5H,6H2. The molecule has 0 heterocycles. The SMILES string of the molecule is O=[N+]([O-])c1cc(F)c(Oc2cccc(F)c2CBr)cc1F. The van der Waals surface area contributed by atoms with Crippen molar-refractivity contribution in [2.75, 3.05) is 0 Å². The maximum absolute atomic E-state index is 13.7. The molecule has 4 nitrogen and oxygen atoms in total. The predicted octanol–water partition coefficient (Wildman–Crippen LogP) is 4.70. The lowest BCUT2D eigenvalue weighted by Crippen LogP contribution is -1.98. The maximum Gasteiger partial charge on any atom is 0.307 e. The van der Waals surface area contributed by atoms with Crippen LogP contribution in [-0.4, -0.2) is 4.92 Å². The number of nitro groups is 1. The highest BCUT2D eigenvalue weighted by Crippen LogP contribution is 2.33. The number of halogens is 4. The molecule has 0 saturated heterocycles. The van der Waals surface area contributed by atoms with Gasteiger partial charge < -0.3 is 4.74 Å². The lowest BCUT2D eigenvalue weighted by molar-refractivity contribution is -0.387. The minimum Gasteiger partial charge on any atom is -0.454 e. The largest absolute Gasteiger partial charge is 0.454 e. The topological polar surface area (TPSA) is 52.4 Å². The minimum absolute atomic E-state index is 0.0148. The van der Waals surface area contributed by atoms with Crippen molar-refractivity contribution in [3.8, 4) is 11.5 Å². The Morgan fingerprint density at radius 1 is 1.10 bits per heavy atom. The van der Waals surface area contributed by atoms with Crippen LogP contribution in [0.25, 0.3) is 0 Å². The first-order chi connectivity index (χ1) is 9.93. The van der Waals surface area contributed by atoms with Gasteiger partial charge in [0.2, 0.25) is 5.82 Å². The van der Waals surface area contributed by atoms with E-state index in [1.54, 1.807) is 0 Å². The van der Waals surface area contributed by atoms with Gasteiger partial charge in [-0.15, -0.1) is 0 Å². The molecule has 0 aliphatic rings. The summed E-state index contributed by atoms with van der Waals surface area (Å²) in [5, 5.41) is 10.6. The number of nitro benzene ring substituents is 1. The Balaban J connectivity index is 2.43. The Kier molecular flexibility index (Phi) is 4.46. The molecule has 2 aromatic carbocycles. The quantitative estimate of drug-likeness (QED) is 0.450. The van der Waals surface area contributed by atoms with Crippen molar-refractivity contribution in [1.29, 1.82) is 0 Å². The average Bonchev–Trinajstić information content (AvgIpc) is 2.42. The van der Waals surface area contributed by atoms with Crippen molar-refractivity contribution in [3.05, 3.63) is 63.5 Å². The first-order valence-corrected chi connectivity index (χ1v) is 6.70. The monoisotopic (exact) mass is 361 g/mol. The summed E-state index contributed by atoms with van der Waals surface area (Å²) in [7, 11) is 0. The molecule has 0 N–H and O–H groups in total. The van der Waals surface area contributed by atoms with E-state index in [4.69, 9.17) is 4.74 Å². The van der Waals surface area contributed by atoms with E-state index < -0.39 is 33.8 Å². The predicted molar refractivity (Wildman–Crippen MR) is 72.1 cm³/mol. The van der Waals surface area contributed by atoms with Crippen LogP contribution in [-0.2, 0) is 5.33 Å². The summed E-state index contributed by atoms with van der Waals surface area (Å²) >= 11 is 3.06. The highest BCUT2D eigenvalue weighted by molar-refractivity contribution is 9.08. The molecular formula is C13H7BrF3NO3. The summed E-state index contributed by atoms with van der Waals surface area (Å²) in [5.41, 5.74) is -0.879. The van der Waals surface area contributed by atoms with E-state index in [2.05, 4.69) is 15.9 Å². The molecule has 2 aromatic rings. The van der Waals surface area contributed by atoms with Crippen LogP contribution in [0.5, 0.6) is 11.5 Å². The van der Waals surface area contributed by atoms with E-state index in [1.807, 2.05) is 0 Å². The zero-order valence-electron chi connectivity index (χ0n) is 10.3. The van der Waals surface area contributed by atoms with Gasteiger partial charge >= 0.3 is 5.69 Å². The molecule has 0 aliphatic heterocycles. The first kappa shape index (κ1) is 15.3. The number of hydrogen-bond acceptors (Lipinski definition) is 3. The van der Waals surface area contributed by atoms with Crippen molar-refractivity contribution in [2.45, 2.75) is 5.33 Å². The van der Waals surface area contributed by atoms with E-state index in [1.165, 1.54) is 18.2 Å². The van der Waals surface area contributed by atoms with Gasteiger partial charge in [0, 0.05) is 17.0 Å². The minimum atomic E-state index is -1.24. The van der Waals surface area contributed by atoms with Crippen LogP contribution < -0.4 is 4.74 Å². The van der Waals surface area contributed by atoms with Gasteiger partial charge in [0.05, 0.1) is 11.0 Å². The molecule has 8 heteroatoms. The van der Waals surface area contributed by atoms with Crippen molar-refractivity contribution >= 4 is 21.6 Å². The third kappa shape index (κ3) is 3.15. The summed E-state index contributed by atoms with van der Waals surface area (Å²) in [6.45, 7) is 0. The Labute approximate surface area is 125 Å². The summed E-state index contributed by atoms with van der Waals surface area (Å²) in [6, 6.07) is 4.87. The van der Waals surface area contributed by atoms with Crippen LogP contribution in [0.2, 0.25) is 0 Å². The molecule has 0 atom stereocenters. The Morgan fingerprint density at radius 3 is 2.43 bits per heavy atom. The van der Waals surface area contributed by atoms with Crippen molar-refractivity contribution in [2.24, 2.45) is 0 Å². The van der Waals surface area contributed by atoms with E-state index in [0.717, 1.165) is 0 Å². The molecule has 0 unspecified atom stereocenters. The summed E-state index contributed by atoms with van der Waals surface area (Å²) in [5.74, 6) is -3.52. The third-order valence-corrected chi connectivity index (χ3v) is 3.19. The number of rotatable bonds is 4. The van der Waals surface area contributed by atoms with Crippen molar-refractivity contribution in [3.63, 3.8) is 0 Å².